The van der Waals surface area contributed by atoms with E-state index < -0.39 is 10.0 Å². The van der Waals surface area contributed by atoms with Gasteiger partial charge in [0.25, 0.3) is 0 Å². The van der Waals surface area contributed by atoms with E-state index in [1.165, 1.54) is 21.7 Å². The Kier molecular flexibility index (Phi) is 7.47. The lowest BCUT2D eigenvalue weighted by atomic mass is 10.0. The average Bonchev–Trinajstić information content (AvgIpc) is 2.62. The summed E-state index contributed by atoms with van der Waals surface area (Å²) in [6, 6.07) is 11.7. The summed E-state index contributed by atoms with van der Waals surface area (Å²) in [6.07, 6.45) is 1.92. The van der Waals surface area contributed by atoms with Gasteiger partial charge in [-0.05, 0) is 81.0 Å². The van der Waals surface area contributed by atoms with Gasteiger partial charge >= 0.3 is 0 Å². The molecule has 6 heteroatoms. The number of anilines is 1. The molecular formula is C23H32N2O3S. The Morgan fingerprint density at radius 1 is 0.966 bits per heavy atom. The molecule has 0 aliphatic heterocycles. The van der Waals surface area contributed by atoms with Crippen molar-refractivity contribution in [3.8, 4) is 0 Å². The van der Waals surface area contributed by atoms with Gasteiger partial charge in [0, 0.05) is 13.0 Å². The lowest BCUT2D eigenvalue weighted by molar-refractivity contribution is -0.121. The molecule has 2 rings (SSSR count). The van der Waals surface area contributed by atoms with Crippen LogP contribution in [0.3, 0.4) is 0 Å². The quantitative estimate of drug-likeness (QED) is 0.696. The van der Waals surface area contributed by atoms with Crippen LogP contribution in [0.25, 0.3) is 0 Å². The second kappa shape index (κ2) is 9.44. The third kappa shape index (κ3) is 6.32. The molecule has 5 nitrogen and oxygen atoms in total. The predicted molar refractivity (Wildman–Crippen MR) is 120 cm³/mol. The first-order chi connectivity index (χ1) is 13.5. The van der Waals surface area contributed by atoms with Crippen molar-refractivity contribution in [2.45, 2.75) is 53.5 Å². The summed E-state index contributed by atoms with van der Waals surface area (Å²) in [5, 5.41) is 3.00. The van der Waals surface area contributed by atoms with Crippen molar-refractivity contribution in [2.24, 2.45) is 0 Å². The van der Waals surface area contributed by atoms with Crippen molar-refractivity contribution in [2.75, 3.05) is 17.1 Å². The van der Waals surface area contributed by atoms with Crippen molar-refractivity contribution < 1.29 is 13.2 Å². The SMILES string of the molecule is Cc1ccc(C(C)NC(=O)CCCN(c2ccc(C)c(C)c2)S(C)(=O)=O)cc1C. The van der Waals surface area contributed by atoms with Crippen LogP contribution in [0, 0.1) is 27.7 Å². The minimum absolute atomic E-state index is 0.0794. The molecule has 158 valence electrons. The molecule has 0 saturated carbocycles. The average molecular weight is 417 g/mol. The zero-order valence-corrected chi connectivity index (χ0v) is 19.1. The van der Waals surface area contributed by atoms with E-state index in [0.717, 1.165) is 16.7 Å². The van der Waals surface area contributed by atoms with Crippen LogP contribution in [-0.2, 0) is 14.8 Å². The first-order valence-corrected chi connectivity index (χ1v) is 11.8. The Labute approximate surface area is 175 Å². The maximum atomic E-state index is 12.4. The summed E-state index contributed by atoms with van der Waals surface area (Å²) in [5.74, 6) is -0.0794. The Balaban J connectivity index is 1.97. The third-order valence-corrected chi connectivity index (χ3v) is 6.55. The Morgan fingerprint density at radius 2 is 1.55 bits per heavy atom. The topological polar surface area (TPSA) is 66.5 Å². The Morgan fingerprint density at radius 3 is 2.10 bits per heavy atom. The molecule has 0 aliphatic carbocycles. The highest BCUT2D eigenvalue weighted by atomic mass is 32.2. The molecule has 0 saturated heterocycles. The molecule has 0 radical (unpaired) electrons. The van der Waals surface area contributed by atoms with Crippen LogP contribution in [0.5, 0.6) is 0 Å². The normalized spacial score (nSPS) is 12.5. The molecule has 29 heavy (non-hydrogen) atoms. The molecule has 1 amide bonds. The fourth-order valence-electron chi connectivity index (χ4n) is 3.18. The summed E-state index contributed by atoms with van der Waals surface area (Å²) in [7, 11) is -3.42. The molecule has 2 aromatic rings. The summed E-state index contributed by atoms with van der Waals surface area (Å²) in [6.45, 7) is 10.3. The second-order valence-electron chi connectivity index (χ2n) is 7.84. The van der Waals surface area contributed by atoms with E-state index in [0.29, 0.717) is 12.1 Å². The van der Waals surface area contributed by atoms with Crippen LogP contribution < -0.4 is 9.62 Å². The number of hydrogen-bond donors (Lipinski definition) is 1. The monoisotopic (exact) mass is 416 g/mol. The van der Waals surface area contributed by atoms with Crippen LogP contribution in [0.15, 0.2) is 36.4 Å². The van der Waals surface area contributed by atoms with Gasteiger partial charge in [-0.25, -0.2) is 8.42 Å². The van der Waals surface area contributed by atoms with Gasteiger partial charge in [-0.3, -0.25) is 9.10 Å². The number of nitrogens with one attached hydrogen (secondary N) is 1. The zero-order valence-electron chi connectivity index (χ0n) is 18.2. The molecular weight excluding hydrogens is 384 g/mol. The minimum atomic E-state index is -3.42. The van der Waals surface area contributed by atoms with Crippen LogP contribution in [0.4, 0.5) is 5.69 Å². The van der Waals surface area contributed by atoms with Crippen molar-refractivity contribution in [3.63, 3.8) is 0 Å². The summed E-state index contributed by atoms with van der Waals surface area (Å²) >= 11 is 0. The summed E-state index contributed by atoms with van der Waals surface area (Å²) in [5.41, 5.74) is 6.27. The van der Waals surface area contributed by atoms with Gasteiger partial charge < -0.3 is 5.32 Å². The zero-order chi connectivity index (χ0) is 21.8. The standard InChI is InChI=1S/C23H32N2O3S/c1-16-9-11-21(14-18(16)3)20(5)24-23(26)8-7-13-25(29(6,27)28)22-12-10-17(2)19(4)15-22/h9-12,14-15,20H,7-8,13H2,1-6H3,(H,24,26). The highest BCUT2D eigenvalue weighted by molar-refractivity contribution is 7.92. The smallest absolute Gasteiger partial charge is 0.232 e. The lowest BCUT2D eigenvalue weighted by Gasteiger charge is -2.23. The molecule has 1 N–H and O–H groups in total. The number of aryl methyl sites for hydroxylation is 4. The summed E-state index contributed by atoms with van der Waals surface area (Å²) in [4.78, 5) is 12.4. The first-order valence-electron chi connectivity index (χ1n) is 9.90. The van der Waals surface area contributed by atoms with E-state index in [1.807, 2.05) is 45.0 Å². The van der Waals surface area contributed by atoms with Crippen LogP contribution in [0.1, 0.15) is 53.6 Å². The largest absolute Gasteiger partial charge is 0.350 e. The number of carbonyl (C=O) groups is 1. The highest BCUT2D eigenvalue weighted by Crippen LogP contribution is 2.22. The number of hydrogen-bond acceptors (Lipinski definition) is 3. The van der Waals surface area contributed by atoms with E-state index in [-0.39, 0.29) is 24.9 Å². The fraction of sp³-hybridized carbons (Fsp3) is 0.435. The van der Waals surface area contributed by atoms with E-state index >= 15 is 0 Å². The van der Waals surface area contributed by atoms with E-state index in [4.69, 9.17) is 0 Å². The molecule has 1 unspecified atom stereocenters. The van der Waals surface area contributed by atoms with E-state index in [9.17, 15) is 13.2 Å². The van der Waals surface area contributed by atoms with E-state index in [1.54, 1.807) is 0 Å². The van der Waals surface area contributed by atoms with E-state index in [2.05, 4.69) is 31.3 Å². The van der Waals surface area contributed by atoms with Gasteiger partial charge in [0.2, 0.25) is 15.9 Å². The molecule has 0 aliphatic rings. The molecule has 1 atom stereocenters. The van der Waals surface area contributed by atoms with Gasteiger partial charge in [-0.2, -0.15) is 0 Å². The second-order valence-corrected chi connectivity index (χ2v) is 9.75. The lowest BCUT2D eigenvalue weighted by Crippen LogP contribution is -2.32. The highest BCUT2D eigenvalue weighted by Gasteiger charge is 2.18. The number of benzene rings is 2. The maximum Gasteiger partial charge on any atom is 0.232 e. The third-order valence-electron chi connectivity index (χ3n) is 5.35. The fourth-order valence-corrected chi connectivity index (χ4v) is 4.14. The van der Waals surface area contributed by atoms with Crippen molar-refractivity contribution in [1.29, 1.82) is 0 Å². The van der Waals surface area contributed by atoms with Crippen LogP contribution >= 0.6 is 0 Å². The van der Waals surface area contributed by atoms with Gasteiger partial charge in [0.05, 0.1) is 18.0 Å². The predicted octanol–water partition coefficient (Wildman–Crippen LogP) is 4.34. The van der Waals surface area contributed by atoms with Crippen LogP contribution in [0.2, 0.25) is 0 Å². The first kappa shape index (κ1) is 22.9. The van der Waals surface area contributed by atoms with Gasteiger partial charge in [-0.15, -0.1) is 0 Å². The number of amides is 1. The number of rotatable bonds is 8. The maximum absolute atomic E-state index is 12.4. The molecule has 0 bridgehead atoms. The number of carbonyl (C=O) groups excluding carboxylic acids is 1. The Hall–Kier alpha value is -2.34. The van der Waals surface area contributed by atoms with Gasteiger partial charge in [0.1, 0.15) is 0 Å². The molecule has 0 heterocycles. The minimum Gasteiger partial charge on any atom is -0.350 e. The number of nitrogens with zero attached hydrogens (tertiary/aromatic N) is 1. The van der Waals surface area contributed by atoms with Crippen molar-refractivity contribution in [1.82, 2.24) is 5.32 Å². The summed E-state index contributed by atoms with van der Waals surface area (Å²) < 4.78 is 25.9. The van der Waals surface area contributed by atoms with Gasteiger partial charge in [-0.1, -0.05) is 24.3 Å². The number of sulfonamides is 1. The molecule has 0 spiro atoms. The molecule has 2 aromatic carbocycles. The van der Waals surface area contributed by atoms with Gasteiger partial charge in [0.15, 0.2) is 0 Å². The van der Waals surface area contributed by atoms with Crippen LogP contribution in [-0.4, -0.2) is 27.1 Å². The van der Waals surface area contributed by atoms with Crippen molar-refractivity contribution >= 4 is 21.6 Å². The Bertz CT molecular complexity index is 984. The molecule has 0 aromatic heterocycles. The van der Waals surface area contributed by atoms with Crippen molar-refractivity contribution in [3.05, 3.63) is 64.2 Å². The molecule has 0 fully saturated rings.